The third-order valence-electron chi connectivity index (χ3n) is 4.18. The second-order valence-corrected chi connectivity index (χ2v) is 7.87. The van der Waals surface area contributed by atoms with Crippen LogP contribution in [0.3, 0.4) is 0 Å². The lowest BCUT2D eigenvalue weighted by Crippen LogP contribution is -1.81. The summed E-state index contributed by atoms with van der Waals surface area (Å²) in [6, 6.07) is 25.2. The minimum atomic E-state index is 0.889. The molecule has 0 aliphatic rings. The summed E-state index contributed by atoms with van der Waals surface area (Å²) in [4.78, 5) is 9.18. The standard InChI is InChI=1S/C26H24N2S2/c1-3-14-29-19-27-25-16-24(17-26(18-25)28-20-30-15-4-2)23-12-10-22(11-13-23)21-8-6-5-7-9-21/h3-20H,1-2H3/b14-3-,15-4-,27-19+,28-20+. The molecule has 0 spiro atoms. The van der Waals surface area contributed by atoms with E-state index in [1.807, 2.05) is 60.0 Å². The van der Waals surface area contributed by atoms with Gasteiger partial charge in [0.25, 0.3) is 0 Å². The number of hydrogen-bond donors (Lipinski definition) is 0. The lowest BCUT2D eigenvalue weighted by atomic mass is 10.00. The highest BCUT2D eigenvalue weighted by Gasteiger charge is 2.04. The van der Waals surface area contributed by atoms with Gasteiger partial charge in [0.1, 0.15) is 0 Å². The highest BCUT2D eigenvalue weighted by atomic mass is 32.2. The van der Waals surface area contributed by atoms with E-state index in [2.05, 4.69) is 70.6 Å². The van der Waals surface area contributed by atoms with E-state index < -0.39 is 0 Å². The van der Waals surface area contributed by atoms with Crippen LogP contribution in [0.2, 0.25) is 0 Å². The van der Waals surface area contributed by atoms with E-state index in [0.29, 0.717) is 0 Å². The van der Waals surface area contributed by atoms with Crippen LogP contribution in [-0.2, 0) is 0 Å². The monoisotopic (exact) mass is 428 g/mol. The topological polar surface area (TPSA) is 24.7 Å². The molecule has 0 radical (unpaired) electrons. The Labute approximate surface area is 187 Å². The van der Waals surface area contributed by atoms with Gasteiger partial charge < -0.3 is 0 Å². The Hall–Kier alpha value is -2.82. The van der Waals surface area contributed by atoms with Crippen molar-refractivity contribution in [2.24, 2.45) is 9.98 Å². The molecule has 30 heavy (non-hydrogen) atoms. The minimum Gasteiger partial charge on any atom is -0.250 e. The van der Waals surface area contributed by atoms with Crippen LogP contribution in [0.15, 0.2) is 106 Å². The molecule has 0 amide bonds. The zero-order valence-electron chi connectivity index (χ0n) is 17.1. The Kier molecular flexibility index (Phi) is 8.76. The maximum Gasteiger partial charge on any atom is 0.0663 e. The van der Waals surface area contributed by atoms with E-state index in [9.17, 15) is 0 Å². The molecular weight excluding hydrogens is 404 g/mol. The van der Waals surface area contributed by atoms with Crippen molar-refractivity contribution in [3.8, 4) is 22.3 Å². The van der Waals surface area contributed by atoms with Gasteiger partial charge in [-0.3, -0.25) is 0 Å². The molecule has 0 heterocycles. The molecule has 3 aromatic carbocycles. The maximum absolute atomic E-state index is 4.59. The molecule has 0 unspecified atom stereocenters. The second kappa shape index (κ2) is 12.0. The zero-order chi connectivity index (χ0) is 21.0. The number of hydrogen-bond acceptors (Lipinski definition) is 4. The smallest absolute Gasteiger partial charge is 0.0663 e. The first kappa shape index (κ1) is 21.9. The van der Waals surface area contributed by atoms with Crippen LogP contribution in [-0.4, -0.2) is 11.1 Å². The molecule has 0 saturated carbocycles. The summed E-state index contributed by atoms with van der Waals surface area (Å²) in [6.07, 6.45) is 3.99. The molecule has 4 heteroatoms. The van der Waals surface area contributed by atoms with Gasteiger partial charge in [-0.15, -0.1) is 0 Å². The Morgan fingerprint density at radius 1 is 0.567 bits per heavy atom. The van der Waals surface area contributed by atoms with Crippen molar-refractivity contribution in [3.05, 3.63) is 95.8 Å². The molecule has 0 bridgehead atoms. The average Bonchev–Trinajstić information content (AvgIpc) is 2.80. The molecule has 2 nitrogen and oxygen atoms in total. The van der Waals surface area contributed by atoms with Gasteiger partial charge in [0, 0.05) is 0 Å². The molecule has 150 valence electrons. The third kappa shape index (κ3) is 6.61. The molecule has 3 aromatic rings. The van der Waals surface area contributed by atoms with Crippen molar-refractivity contribution in [2.75, 3.05) is 0 Å². The Morgan fingerprint density at radius 3 is 1.53 bits per heavy atom. The van der Waals surface area contributed by atoms with Gasteiger partial charge in [0.15, 0.2) is 0 Å². The normalized spacial score (nSPS) is 12.1. The van der Waals surface area contributed by atoms with Crippen molar-refractivity contribution in [1.29, 1.82) is 0 Å². The summed E-state index contributed by atoms with van der Waals surface area (Å²) in [5.41, 5.74) is 10.1. The van der Waals surface area contributed by atoms with Crippen LogP contribution < -0.4 is 0 Å². The van der Waals surface area contributed by atoms with Gasteiger partial charge in [0.2, 0.25) is 0 Å². The van der Waals surface area contributed by atoms with Crippen LogP contribution in [0.25, 0.3) is 22.3 Å². The molecule has 0 aliphatic carbocycles. The lowest BCUT2D eigenvalue weighted by Gasteiger charge is -2.07. The van der Waals surface area contributed by atoms with Crippen molar-refractivity contribution >= 4 is 46.0 Å². The van der Waals surface area contributed by atoms with Gasteiger partial charge >= 0.3 is 0 Å². The van der Waals surface area contributed by atoms with Gasteiger partial charge in [-0.05, 0) is 65.1 Å². The molecular formula is C26H24N2S2. The summed E-state index contributed by atoms with van der Waals surface area (Å²) >= 11 is 3.11. The summed E-state index contributed by atoms with van der Waals surface area (Å²) in [7, 11) is 0. The SMILES string of the molecule is C/C=C\S/C=N/c1cc(/N=C/S/C=C\C)cc(-c2ccc(-c3ccccc3)cc2)c1. The largest absolute Gasteiger partial charge is 0.250 e. The van der Waals surface area contributed by atoms with E-state index in [1.54, 1.807) is 23.5 Å². The summed E-state index contributed by atoms with van der Waals surface area (Å²) < 4.78 is 0. The fourth-order valence-corrected chi connectivity index (χ4v) is 3.63. The van der Waals surface area contributed by atoms with Crippen molar-refractivity contribution in [1.82, 2.24) is 0 Å². The van der Waals surface area contributed by atoms with Gasteiger partial charge in [0.05, 0.1) is 22.5 Å². The minimum absolute atomic E-state index is 0.889. The summed E-state index contributed by atoms with van der Waals surface area (Å²) in [5.74, 6) is 0. The fourth-order valence-electron chi connectivity index (χ4n) is 2.81. The van der Waals surface area contributed by atoms with Gasteiger partial charge in [-0.2, -0.15) is 0 Å². The molecule has 3 rings (SSSR count). The van der Waals surface area contributed by atoms with Crippen LogP contribution >= 0.6 is 23.5 Å². The van der Waals surface area contributed by atoms with Crippen LogP contribution in [0, 0.1) is 0 Å². The Balaban J connectivity index is 1.91. The number of aliphatic imine (C=N–C) groups is 2. The summed E-state index contributed by atoms with van der Waals surface area (Å²) in [5, 5.41) is 4.00. The van der Waals surface area contributed by atoms with Crippen molar-refractivity contribution < 1.29 is 0 Å². The second-order valence-electron chi connectivity index (χ2n) is 6.36. The first-order valence-corrected chi connectivity index (χ1v) is 11.6. The van der Waals surface area contributed by atoms with E-state index in [1.165, 1.54) is 11.1 Å². The number of rotatable bonds is 8. The molecule has 0 N–H and O–H groups in total. The molecule has 0 atom stereocenters. The highest BCUT2D eigenvalue weighted by molar-refractivity contribution is 8.14. The summed E-state index contributed by atoms with van der Waals surface area (Å²) in [6.45, 7) is 3.99. The van der Waals surface area contributed by atoms with Crippen molar-refractivity contribution in [2.45, 2.75) is 13.8 Å². The average molecular weight is 429 g/mol. The number of thioether (sulfide) groups is 2. The van der Waals surface area contributed by atoms with E-state index in [-0.39, 0.29) is 0 Å². The molecule has 0 fully saturated rings. The van der Waals surface area contributed by atoms with Gasteiger partial charge in [-0.25, -0.2) is 9.98 Å². The Bertz CT molecular complexity index is 1010. The van der Waals surface area contributed by atoms with Crippen LogP contribution in [0.5, 0.6) is 0 Å². The van der Waals surface area contributed by atoms with Gasteiger partial charge in [-0.1, -0.05) is 90.3 Å². The van der Waals surface area contributed by atoms with E-state index in [4.69, 9.17) is 0 Å². The number of nitrogens with zero attached hydrogens (tertiary/aromatic N) is 2. The lowest BCUT2D eigenvalue weighted by molar-refractivity contribution is 1.48. The van der Waals surface area contributed by atoms with Crippen LogP contribution in [0.1, 0.15) is 13.8 Å². The third-order valence-corrected chi connectivity index (χ3v) is 5.50. The Morgan fingerprint density at radius 2 is 1.03 bits per heavy atom. The zero-order valence-corrected chi connectivity index (χ0v) is 18.7. The molecule has 0 saturated heterocycles. The fraction of sp³-hybridized carbons (Fsp3) is 0.0769. The number of allylic oxidation sites excluding steroid dienone is 2. The van der Waals surface area contributed by atoms with Crippen molar-refractivity contribution in [3.63, 3.8) is 0 Å². The molecule has 0 aromatic heterocycles. The maximum atomic E-state index is 4.59. The number of benzene rings is 3. The molecule has 0 aliphatic heterocycles. The quantitative estimate of drug-likeness (QED) is 0.264. The van der Waals surface area contributed by atoms with E-state index >= 15 is 0 Å². The highest BCUT2D eigenvalue weighted by Crippen LogP contribution is 2.32. The first-order valence-electron chi connectivity index (χ1n) is 9.69. The van der Waals surface area contributed by atoms with E-state index in [0.717, 1.165) is 22.5 Å². The van der Waals surface area contributed by atoms with Crippen LogP contribution in [0.4, 0.5) is 11.4 Å². The predicted octanol–water partition coefficient (Wildman–Crippen LogP) is 8.87. The first-order chi connectivity index (χ1) is 14.8. The predicted molar refractivity (Wildman–Crippen MR) is 138 cm³/mol.